The van der Waals surface area contributed by atoms with E-state index in [0.29, 0.717) is 11.5 Å². The van der Waals surface area contributed by atoms with E-state index in [1.807, 2.05) is 13.8 Å². The molecule has 3 rings (SSSR count). The normalized spacial score (nSPS) is 10.7. The zero-order chi connectivity index (χ0) is 18.7. The van der Waals surface area contributed by atoms with Crippen LogP contribution >= 0.6 is 0 Å². The Hall–Kier alpha value is -3.62. The van der Waals surface area contributed by atoms with Crippen LogP contribution in [0.25, 0.3) is 11.4 Å². The van der Waals surface area contributed by atoms with Crippen LogP contribution in [-0.4, -0.2) is 42.1 Å². The van der Waals surface area contributed by atoms with Gasteiger partial charge in [-0.25, -0.2) is 19.7 Å². The van der Waals surface area contributed by atoms with Crippen molar-refractivity contribution >= 4 is 17.6 Å². The summed E-state index contributed by atoms with van der Waals surface area (Å²) in [5.74, 6) is -0.368. The first-order valence-corrected chi connectivity index (χ1v) is 7.84. The third kappa shape index (κ3) is 3.56. The highest BCUT2D eigenvalue weighted by molar-refractivity contribution is 6.08. The maximum Gasteiger partial charge on any atom is 0.356 e. The van der Waals surface area contributed by atoms with Gasteiger partial charge < -0.3 is 10.4 Å². The van der Waals surface area contributed by atoms with Crippen molar-refractivity contribution < 1.29 is 14.7 Å². The maximum atomic E-state index is 12.3. The minimum Gasteiger partial charge on any atom is -0.476 e. The summed E-state index contributed by atoms with van der Waals surface area (Å²) >= 11 is 0. The molecule has 1 aromatic carbocycles. The van der Waals surface area contributed by atoms with Gasteiger partial charge in [-0.2, -0.15) is 5.10 Å². The summed E-state index contributed by atoms with van der Waals surface area (Å²) in [7, 11) is 0. The highest BCUT2D eigenvalue weighted by atomic mass is 16.4. The predicted molar refractivity (Wildman–Crippen MR) is 92.9 cm³/mol. The fraction of sp³-hybridized carbons (Fsp3) is 0.176. The number of hydrogen-bond donors (Lipinski definition) is 3. The lowest BCUT2D eigenvalue weighted by Crippen LogP contribution is -2.19. The molecule has 2 heterocycles. The summed E-state index contributed by atoms with van der Waals surface area (Å²) in [5.41, 5.74) is 0.625. The molecule has 2 aromatic heterocycles. The molecule has 0 radical (unpaired) electrons. The number of anilines is 1. The van der Waals surface area contributed by atoms with Crippen LogP contribution in [0.15, 0.2) is 36.7 Å². The van der Waals surface area contributed by atoms with Crippen LogP contribution in [0.1, 0.15) is 46.6 Å². The molecule has 3 N–H and O–H groups in total. The highest BCUT2D eigenvalue weighted by Crippen LogP contribution is 2.20. The van der Waals surface area contributed by atoms with Gasteiger partial charge in [-0.3, -0.25) is 9.89 Å². The van der Waals surface area contributed by atoms with Crippen LogP contribution < -0.4 is 5.32 Å². The van der Waals surface area contributed by atoms with E-state index < -0.39 is 17.6 Å². The Balaban J connectivity index is 1.77. The quantitative estimate of drug-likeness (QED) is 0.641. The van der Waals surface area contributed by atoms with Crippen LogP contribution in [0.3, 0.4) is 0 Å². The molecule has 0 spiro atoms. The van der Waals surface area contributed by atoms with Gasteiger partial charge in [-0.1, -0.05) is 13.8 Å². The third-order valence-electron chi connectivity index (χ3n) is 3.57. The molecule has 1 amide bonds. The average Bonchev–Trinajstić information content (AvgIpc) is 3.12. The number of amides is 1. The van der Waals surface area contributed by atoms with E-state index in [2.05, 4.69) is 30.5 Å². The number of aromatic nitrogens is 5. The van der Waals surface area contributed by atoms with Gasteiger partial charge in [-0.15, -0.1) is 0 Å². The Morgan fingerprint density at radius 2 is 1.73 bits per heavy atom. The fourth-order valence-electron chi connectivity index (χ4n) is 2.22. The number of carbonyl (C=O) groups excluding carboxylic acids is 1. The number of nitrogens with zero attached hydrogens (tertiary/aromatic N) is 4. The first-order valence-electron chi connectivity index (χ1n) is 7.84. The largest absolute Gasteiger partial charge is 0.476 e. The molecule has 0 fully saturated rings. The van der Waals surface area contributed by atoms with Crippen molar-refractivity contribution in [1.82, 2.24) is 25.1 Å². The summed E-state index contributed by atoms with van der Waals surface area (Å²) in [4.78, 5) is 35.3. The Bertz CT molecular complexity index is 949. The summed E-state index contributed by atoms with van der Waals surface area (Å²) in [6, 6.07) is 6.88. The van der Waals surface area contributed by atoms with Gasteiger partial charge in [0.25, 0.3) is 5.91 Å². The van der Waals surface area contributed by atoms with Gasteiger partial charge in [0.2, 0.25) is 0 Å². The SMILES string of the molecule is CC(C)c1nc(-c2ccc(NC(=O)c3nccnc3C(=O)O)cc2)n[nH]1. The van der Waals surface area contributed by atoms with Gasteiger partial charge in [0.05, 0.1) is 0 Å². The van der Waals surface area contributed by atoms with Crippen LogP contribution in [0, 0.1) is 0 Å². The number of carboxylic acids is 1. The number of aromatic amines is 1. The van der Waals surface area contributed by atoms with Crippen molar-refractivity contribution in [2.45, 2.75) is 19.8 Å². The smallest absolute Gasteiger partial charge is 0.356 e. The number of rotatable bonds is 5. The number of H-pyrrole nitrogens is 1. The van der Waals surface area contributed by atoms with Crippen molar-refractivity contribution in [3.63, 3.8) is 0 Å². The number of hydrogen-bond acceptors (Lipinski definition) is 6. The Kier molecular flexibility index (Phi) is 4.70. The molecule has 0 bridgehead atoms. The van der Waals surface area contributed by atoms with Crippen molar-refractivity contribution in [3.05, 3.63) is 53.9 Å². The Labute approximate surface area is 148 Å². The molecule has 9 heteroatoms. The lowest BCUT2D eigenvalue weighted by molar-refractivity contribution is 0.0685. The van der Waals surface area contributed by atoms with E-state index >= 15 is 0 Å². The summed E-state index contributed by atoms with van der Waals surface area (Å²) in [5, 5.41) is 18.7. The molecule has 3 aromatic rings. The number of carbonyl (C=O) groups is 2. The topological polar surface area (TPSA) is 134 Å². The van der Waals surface area contributed by atoms with Crippen molar-refractivity contribution in [1.29, 1.82) is 0 Å². The summed E-state index contributed by atoms with van der Waals surface area (Å²) in [6.07, 6.45) is 2.48. The Morgan fingerprint density at radius 3 is 2.31 bits per heavy atom. The molecule has 0 atom stereocenters. The van der Waals surface area contributed by atoms with Crippen LogP contribution in [0.2, 0.25) is 0 Å². The van der Waals surface area contributed by atoms with Crippen molar-refractivity contribution in [2.24, 2.45) is 0 Å². The Morgan fingerprint density at radius 1 is 1.08 bits per heavy atom. The number of nitrogens with one attached hydrogen (secondary N) is 2. The van der Waals surface area contributed by atoms with E-state index in [1.54, 1.807) is 24.3 Å². The monoisotopic (exact) mass is 352 g/mol. The number of aromatic carboxylic acids is 1. The molecule has 0 unspecified atom stereocenters. The van der Waals surface area contributed by atoms with E-state index in [9.17, 15) is 9.59 Å². The molecule has 26 heavy (non-hydrogen) atoms. The van der Waals surface area contributed by atoms with Gasteiger partial charge in [0.1, 0.15) is 5.82 Å². The van der Waals surface area contributed by atoms with Gasteiger partial charge in [0, 0.05) is 29.6 Å². The van der Waals surface area contributed by atoms with Crippen LogP contribution in [-0.2, 0) is 0 Å². The lowest BCUT2D eigenvalue weighted by atomic mass is 10.2. The average molecular weight is 352 g/mol. The van der Waals surface area contributed by atoms with Gasteiger partial charge in [0.15, 0.2) is 17.2 Å². The summed E-state index contributed by atoms with van der Waals surface area (Å²) in [6.45, 7) is 4.03. The molecule has 0 aliphatic heterocycles. The fourth-order valence-corrected chi connectivity index (χ4v) is 2.22. The zero-order valence-corrected chi connectivity index (χ0v) is 14.1. The number of carboxylic acid groups (broad SMARTS) is 1. The second kappa shape index (κ2) is 7.09. The van der Waals surface area contributed by atoms with Crippen LogP contribution in [0.4, 0.5) is 5.69 Å². The molecule has 9 nitrogen and oxygen atoms in total. The van der Waals surface area contributed by atoms with Gasteiger partial charge >= 0.3 is 5.97 Å². The van der Waals surface area contributed by atoms with Crippen molar-refractivity contribution in [3.8, 4) is 11.4 Å². The second-order valence-electron chi connectivity index (χ2n) is 5.79. The number of benzene rings is 1. The van der Waals surface area contributed by atoms with Gasteiger partial charge in [-0.05, 0) is 24.3 Å². The molecule has 0 saturated heterocycles. The van der Waals surface area contributed by atoms with E-state index in [4.69, 9.17) is 5.11 Å². The minimum absolute atomic E-state index is 0.241. The zero-order valence-electron chi connectivity index (χ0n) is 14.1. The molecule has 0 aliphatic carbocycles. The lowest BCUT2D eigenvalue weighted by Gasteiger charge is -2.06. The molecular formula is C17H16N6O3. The minimum atomic E-state index is -1.32. The van der Waals surface area contributed by atoms with Crippen LogP contribution in [0.5, 0.6) is 0 Å². The molecule has 0 saturated carbocycles. The maximum absolute atomic E-state index is 12.3. The third-order valence-corrected chi connectivity index (χ3v) is 3.57. The standard InChI is InChI=1S/C17H16N6O3/c1-9(2)14-21-15(23-22-14)10-3-5-11(6-4-10)20-16(24)12-13(17(25)26)19-8-7-18-12/h3-9H,1-2H3,(H,20,24)(H,25,26)(H,21,22,23). The van der Waals surface area contributed by atoms with E-state index in [1.165, 1.54) is 12.4 Å². The molecular weight excluding hydrogens is 336 g/mol. The molecule has 0 aliphatic rings. The highest BCUT2D eigenvalue weighted by Gasteiger charge is 2.19. The second-order valence-corrected chi connectivity index (χ2v) is 5.79. The first kappa shape index (κ1) is 17.2. The predicted octanol–water partition coefficient (Wildman–Crippen LogP) is 2.34. The molecule has 132 valence electrons. The van der Waals surface area contributed by atoms with E-state index in [0.717, 1.165) is 11.4 Å². The first-order chi connectivity index (χ1) is 12.5. The summed E-state index contributed by atoms with van der Waals surface area (Å²) < 4.78 is 0. The van der Waals surface area contributed by atoms with E-state index in [-0.39, 0.29) is 11.6 Å². The van der Waals surface area contributed by atoms with Crippen molar-refractivity contribution in [2.75, 3.05) is 5.32 Å².